The molecule has 0 aromatic heterocycles. The van der Waals surface area contributed by atoms with Gasteiger partial charge < -0.3 is 9.84 Å². The van der Waals surface area contributed by atoms with Crippen LogP contribution in [0.5, 0.6) is 5.75 Å². The Morgan fingerprint density at radius 1 is 1.44 bits per heavy atom. The summed E-state index contributed by atoms with van der Waals surface area (Å²) < 4.78 is 17.8. The summed E-state index contributed by atoms with van der Waals surface area (Å²) in [6, 6.07) is 5.57. The number of rotatable bonds is 5. The molecular formula is C12H13FO3. The van der Waals surface area contributed by atoms with Gasteiger partial charge in [0.25, 0.3) is 0 Å². The molecule has 0 spiro atoms. The van der Waals surface area contributed by atoms with Gasteiger partial charge in [-0.15, -0.1) is 0 Å². The summed E-state index contributed by atoms with van der Waals surface area (Å²) in [5.41, 5.74) is 0.308. The molecule has 0 aliphatic carbocycles. The lowest BCUT2D eigenvalue weighted by Crippen LogP contribution is -2.02. The predicted octanol–water partition coefficient (Wildman–Crippen LogP) is 2.63. The van der Waals surface area contributed by atoms with Crippen LogP contribution in [0, 0.1) is 5.82 Å². The number of aliphatic carboxylic acids is 1. The zero-order valence-corrected chi connectivity index (χ0v) is 8.94. The summed E-state index contributed by atoms with van der Waals surface area (Å²) in [5, 5.41) is 8.73. The molecular weight excluding hydrogens is 211 g/mol. The molecule has 0 fully saturated rings. The van der Waals surface area contributed by atoms with Gasteiger partial charge in [0.15, 0.2) is 0 Å². The van der Waals surface area contributed by atoms with Crippen molar-refractivity contribution < 1.29 is 19.0 Å². The van der Waals surface area contributed by atoms with Gasteiger partial charge in [0.1, 0.15) is 18.2 Å². The Balaban J connectivity index is 2.52. The normalized spacial score (nSPS) is 11.2. The molecule has 0 radical (unpaired) electrons. The van der Waals surface area contributed by atoms with Crippen molar-refractivity contribution in [3.63, 3.8) is 0 Å². The third-order valence-electron chi connectivity index (χ3n) is 2.05. The van der Waals surface area contributed by atoms with Crippen LogP contribution < -0.4 is 4.74 Å². The molecule has 0 atom stereocenters. The first-order valence-corrected chi connectivity index (χ1v) is 4.94. The molecule has 16 heavy (non-hydrogen) atoms. The molecule has 0 saturated carbocycles. The topological polar surface area (TPSA) is 46.5 Å². The van der Waals surface area contributed by atoms with Crippen LogP contribution in [0.4, 0.5) is 4.39 Å². The summed E-state index contributed by atoms with van der Waals surface area (Å²) in [7, 11) is 0. The second-order valence-electron chi connectivity index (χ2n) is 3.15. The number of ether oxygens (including phenoxy) is 1. The van der Waals surface area contributed by atoms with Crippen molar-refractivity contribution in [1.82, 2.24) is 0 Å². The van der Waals surface area contributed by atoms with Crippen LogP contribution in [0.2, 0.25) is 0 Å². The molecule has 4 heteroatoms. The van der Waals surface area contributed by atoms with Gasteiger partial charge in [-0.05, 0) is 36.8 Å². The van der Waals surface area contributed by atoms with Crippen molar-refractivity contribution in [3.05, 3.63) is 41.7 Å². The van der Waals surface area contributed by atoms with Gasteiger partial charge in [-0.25, -0.2) is 9.18 Å². The first kappa shape index (κ1) is 12.2. The van der Waals surface area contributed by atoms with Crippen LogP contribution in [0.3, 0.4) is 0 Å². The van der Waals surface area contributed by atoms with E-state index in [0.29, 0.717) is 17.7 Å². The largest absolute Gasteiger partial charge is 0.490 e. The lowest BCUT2D eigenvalue weighted by molar-refractivity contribution is -0.132. The average molecular weight is 224 g/mol. The monoisotopic (exact) mass is 224 g/mol. The smallest absolute Gasteiger partial charge is 0.331 e. The zero-order chi connectivity index (χ0) is 12.0. The third kappa shape index (κ3) is 3.73. The highest BCUT2D eigenvalue weighted by Gasteiger charge is 2.03. The maximum Gasteiger partial charge on any atom is 0.331 e. The third-order valence-corrected chi connectivity index (χ3v) is 2.05. The lowest BCUT2D eigenvalue weighted by atomic mass is 10.2. The summed E-state index contributed by atoms with van der Waals surface area (Å²) in [5.74, 6) is -0.758. The number of benzene rings is 1. The summed E-state index contributed by atoms with van der Waals surface area (Å²) in [6.45, 7) is 1.93. The molecule has 1 N–H and O–H groups in total. The maximum atomic E-state index is 12.6. The molecule has 0 amide bonds. The van der Waals surface area contributed by atoms with E-state index in [1.54, 1.807) is 6.92 Å². The standard InChI is InChI=1S/C12H13FO3/c1-2-9(12(14)15)7-8-16-11-5-3-10(13)4-6-11/h3-7H,2,8H2,1H3,(H,14,15). The van der Waals surface area contributed by atoms with Crippen molar-refractivity contribution in [2.45, 2.75) is 13.3 Å². The van der Waals surface area contributed by atoms with E-state index in [-0.39, 0.29) is 12.4 Å². The van der Waals surface area contributed by atoms with Crippen LogP contribution >= 0.6 is 0 Å². The number of hydrogen-bond donors (Lipinski definition) is 1. The average Bonchev–Trinajstić information content (AvgIpc) is 2.26. The molecule has 0 saturated heterocycles. The number of carboxylic acids is 1. The van der Waals surface area contributed by atoms with Crippen LogP contribution in [0.15, 0.2) is 35.9 Å². The Bertz CT molecular complexity index is 382. The van der Waals surface area contributed by atoms with E-state index in [9.17, 15) is 9.18 Å². The number of carbonyl (C=O) groups is 1. The van der Waals surface area contributed by atoms with E-state index in [0.717, 1.165) is 0 Å². The molecule has 0 aliphatic heterocycles. The molecule has 1 aromatic carbocycles. The van der Waals surface area contributed by atoms with E-state index in [2.05, 4.69) is 0 Å². The number of carboxylic acid groups (broad SMARTS) is 1. The van der Waals surface area contributed by atoms with E-state index in [1.807, 2.05) is 0 Å². The highest BCUT2D eigenvalue weighted by molar-refractivity contribution is 5.86. The number of hydrogen-bond acceptors (Lipinski definition) is 2. The SMILES string of the molecule is CCC(=CCOc1ccc(F)cc1)C(=O)O. The second kappa shape index (κ2) is 5.90. The number of halogens is 1. The fraction of sp³-hybridized carbons (Fsp3) is 0.250. The van der Waals surface area contributed by atoms with Gasteiger partial charge in [0.05, 0.1) is 0 Å². The Labute approximate surface area is 93.2 Å². The van der Waals surface area contributed by atoms with Crippen LogP contribution in [0.25, 0.3) is 0 Å². The van der Waals surface area contributed by atoms with E-state index in [4.69, 9.17) is 9.84 Å². The van der Waals surface area contributed by atoms with Gasteiger partial charge in [-0.3, -0.25) is 0 Å². The van der Waals surface area contributed by atoms with Gasteiger partial charge in [0, 0.05) is 5.57 Å². The minimum Gasteiger partial charge on any atom is -0.490 e. The lowest BCUT2D eigenvalue weighted by Gasteiger charge is -2.03. The Morgan fingerprint density at radius 2 is 2.06 bits per heavy atom. The van der Waals surface area contributed by atoms with E-state index < -0.39 is 5.97 Å². The highest BCUT2D eigenvalue weighted by atomic mass is 19.1. The van der Waals surface area contributed by atoms with Crippen molar-refractivity contribution in [2.24, 2.45) is 0 Å². The van der Waals surface area contributed by atoms with Crippen LogP contribution in [-0.4, -0.2) is 17.7 Å². The van der Waals surface area contributed by atoms with Crippen LogP contribution in [-0.2, 0) is 4.79 Å². The van der Waals surface area contributed by atoms with Crippen molar-refractivity contribution in [3.8, 4) is 5.75 Å². The Morgan fingerprint density at radius 3 is 2.56 bits per heavy atom. The second-order valence-corrected chi connectivity index (χ2v) is 3.15. The first-order chi connectivity index (χ1) is 7.63. The van der Waals surface area contributed by atoms with Gasteiger partial charge in [-0.2, -0.15) is 0 Å². The molecule has 3 nitrogen and oxygen atoms in total. The summed E-state index contributed by atoms with van der Waals surface area (Å²) >= 11 is 0. The van der Waals surface area contributed by atoms with Gasteiger partial charge in [0.2, 0.25) is 0 Å². The minimum atomic E-state index is -0.940. The zero-order valence-electron chi connectivity index (χ0n) is 8.94. The quantitative estimate of drug-likeness (QED) is 0.782. The molecule has 86 valence electrons. The molecule has 1 rings (SSSR count). The molecule has 0 unspecified atom stereocenters. The van der Waals surface area contributed by atoms with Gasteiger partial charge in [-0.1, -0.05) is 6.92 Å². The highest BCUT2D eigenvalue weighted by Crippen LogP contribution is 2.11. The fourth-order valence-corrected chi connectivity index (χ4v) is 1.15. The van der Waals surface area contributed by atoms with Crippen molar-refractivity contribution in [1.29, 1.82) is 0 Å². The summed E-state index contributed by atoms with van der Waals surface area (Å²) in [4.78, 5) is 10.6. The fourth-order valence-electron chi connectivity index (χ4n) is 1.15. The molecule has 0 bridgehead atoms. The van der Waals surface area contributed by atoms with Crippen molar-refractivity contribution >= 4 is 5.97 Å². The predicted molar refractivity (Wildman–Crippen MR) is 57.9 cm³/mol. The Kier molecular flexibility index (Phi) is 4.51. The first-order valence-electron chi connectivity index (χ1n) is 4.94. The maximum absolute atomic E-state index is 12.6. The van der Waals surface area contributed by atoms with Gasteiger partial charge >= 0.3 is 5.97 Å². The minimum absolute atomic E-state index is 0.168. The molecule has 1 aromatic rings. The van der Waals surface area contributed by atoms with Crippen LogP contribution in [0.1, 0.15) is 13.3 Å². The van der Waals surface area contributed by atoms with E-state index in [1.165, 1.54) is 30.3 Å². The summed E-state index contributed by atoms with van der Waals surface area (Å²) in [6.07, 6.45) is 1.95. The van der Waals surface area contributed by atoms with Crippen molar-refractivity contribution in [2.75, 3.05) is 6.61 Å². The molecule has 0 aliphatic rings. The molecule has 0 heterocycles. The Hall–Kier alpha value is -1.84. The van der Waals surface area contributed by atoms with E-state index >= 15 is 0 Å².